The normalized spacial score (nSPS) is 10.8. The molecule has 3 aromatic rings. The van der Waals surface area contributed by atoms with Crippen molar-refractivity contribution in [1.82, 2.24) is 4.98 Å². The van der Waals surface area contributed by atoms with E-state index in [-0.39, 0.29) is 17.6 Å². The van der Waals surface area contributed by atoms with Gasteiger partial charge in [0, 0.05) is 11.1 Å². The van der Waals surface area contributed by atoms with Gasteiger partial charge in [-0.2, -0.15) is 0 Å². The molecule has 0 aliphatic carbocycles. The van der Waals surface area contributed by atoms with Gasteiger partial charge < -0.3 is 10.1 Å². The number of rotatable bonds is 8. The topological polar surface area (TPSA) is 68.3 Å². The monoisotopic (exact) mass is 422 g/mol. The first-order valence-corrected chi connectivity index (χ1v) is 11.0. The molecule has 2 aromatic carbocycles. The average Bonchev–Trinajstić information content (AvgIpc) is 2.73. The molecule has 30 heavy (non-hydrogen) atoms. The summed E-state index contributed by atoms with van der Waals surface area (Å²) in [5.41, 5.74) is 4.23. The Hall–Kier alpha value is -2.86. The molecule has 156 valence electrons. The number of benzene rings is 2. The van der Waals surface area contributed by atoms with Crippen LogP contribution in [0.5, 0.6) is 0 Å². The van der Waals surface area contributed by atoms with Crippen molar-refractivity contribution in [1.29, 1.82) is 0 Å². The number of pyridine rings is 1. The first-order valence-electron chi connectivity index (χ1n) is 10.0. The lowest BCUT2D eigenvalue weighted by molar-refractivity contribution is -0.113. The van der Waals surface area contributed by atoms with Crippen LogP contribution in [-0.4, -0.2) is 29.2 Å². The summed E-state index contributed by atoms with van der Waals surface area (Å²) in [4.78, 5) is 29.2. The molecule has 1 amide bonds. The van der Waals surface area contributed by atoms with Crippen LogP contribution in [0.15, 0.2) is 53.6 Å². The number of amides is 1. The third-order valence-electron chi connectivity index (χ3n) is 4.69. The number of unbranched alkanes of at least 4 members (excludes halogenated alkanes) is 1. The van der Waals surface area contributed by atoms with E-state index in [9.17, 15) is 9.59 Å². The summed E-state index contributed by atoms with van der Waals surface area (Å²) in [5.74, 6) is -0.296. The first kappa shape index (κ1) is 21.8. The van der Waals surface area contributed by atoms with Gasteiger partial charge in [-0.25, -0.2) is 9.78 Å². The molecular formula is C24H26N2O3S. The molecule has 1 heterocycles. The van der Waals surface area contributed by atoms with Gasteiger partial charge in [0.25, 0.3) is 0 Å². The smallest absolute Gasteiger partial charge is 0.338 e. The Morgan fingerprint density at radius 3 is 2.67 bits per heavy atom. The number of hydrogen-bond donors (Lipinski definition) is 1. The van der Waals surface area contributed by atoms with Gasteiger partial charge in [0.05, 0.1) is 28.5 Å². The van der Waals surface area contributed by atoms with Crippen LogP contribution >= 0.6 is 11.8 Å². The molecule has 5 nitrogen and oxygen atoms in total. The fraction of sp³-hybridized carbons (Fsp3) is 0.292. The molecule has 0 fully saturated rings. The van der Waals surface area contributed by atoms with Crippen molar-refractivity contribution in [2.75, 3.05) is 17.7 Å². The van der Waals surface area contributed by atoms with Crippen LogP contribution < -0.4 is 5.32 Å². The van der Waals surface area contributed by atoms with Crippen molar-refractivity contribution < 1.29 is 14.3 Å². The quantitative estimate of drug-likeness (QED) is 0.293. The minimum atomic E-state index is -0.375. The number of esters is 1. The fourth-order valence-corrected chi connectivity index (χ4v) is 3.83. The Morgan fingerprint density at radius 1 is 1.07 bits per heavy atom. The highest BCUT2D eigenvalue weighted by atomic mass is 32.2. The molecular weight excluding hydrogens is 396 g/mol. The van der Waals surface area contributed by atoms with Crippen LogP contribution in [-0.2, 0) is 9.53 Å². The van der Waals surface area contributed by atoms with Crippen LogP contribution in [0.2, 0.25) is 0 Å². The Bertz CT molecular complexity index is 1070. The lowest BCUT2D eigenvalue weighted by atomic mass is 10.1. The van der Waals surface area contributed by atoms with E-state index in [0.29, 0.717) is 17.9 Å². The summed E-state index contributed by atoms with van der Waals surface area (Å²) in [5, 5.41) is 4.79. The van der Waals surface area contributed by atoms with E-state index in [0.717, 1.165) is 39.9 Å². The summed E-state index contributed by atoms with van der Waals surface area (Å²) in [6, 6.07) is 14.9. The van der Waals surface area contributed by atoms with Gasteiger partial charge in [-0.15, -0.1) is 0 Å². The number of para-hydroxylation sites is 1. The molecule has 0 bridgehead atoms. The summed E-state index contributed by atoms with van der Waals surface area (Å²) in [6.45, 7) is 6.53. The number of nitrogens with one attached hydrogen (secondary N) is 1. The fourth-order valence-electron chi connectivity index (χ4n) is 3.06. The van der Waals surface area contributed by atoms with Gasteiger partial charge >= 0.3 is 5.97 Å². The molecule has 3 rings (SSSR count). The van der Waals surface area contributed by atoms with E-state index >= 15 is 0 Å². The predicted molar refractivity (Wildman–Crippen MR) is 122 cm³/mol. The van der Waals surface area contributed by atoms with Crippen LogP contribution in [0.3, 0.4) is 0 Å². The van der Waals surface area contributed by atoms with E-state index in [1.54, 1.807) is 24.3 Å². The summed E-state index contributed by atoms with van der Waals surface area (Å²) in [6.07, 6.45) is 1.80. The molecule has 0 unspecified atom stereocenters. The Balaban J connectivity index is 1.61. The van der Waals surface area contributed by atoms with Crippen molar-refractivity contribution in [3.63, 3.8) is 0 Å². The lowest BCUT2D eigenvalue weighted by Crippen LogP contribution is -2.15. The molecule has 1 N–H and O–H groups in total. The highest BCUT2D eigenvalue weighted by Crippen LogP contribution is 2.25. The van der Waals surface area contributed by atoms with E-state index in [4.69, 9.17) is 9.72 Å². The van der Waals surface area contributed by atoms with Crippen molar-refractivity contribution in [2.24, 2.45) is 0 Å². The standard InChI is InChI=1S/C24H26N2O3S/c1-4-5-12-29-24(28)18-9-7-10-19(14-18)25-21(27)15-30-22-13-17(3)20-11-6-8-16(2)23(20)26-22/h6-11,13-14H,4-5,12,15H2,1-3H3,(H,25,27). The minimum absolute atomic E-state index is 0.152. The second-order valence-corrected chi connectivity index (χ2v) is 8.15. The lowest BCUT2D eigenvalue weighted by Gasteiger charge is -2.09. The molecule has 1 aromatic heterocycles. The van der Waals surface area contributed by atoms with E-state index in [1.807, 2.05) is 32.0 Å². The highest BCUT2D eigenvalue weighted by molar-refractivity contribution is 7.99. The maximum atomic E-state index is 12.4. The molecule has 0 atom stereocenters. The molecule has 0 spiro atoms. The number of ether oxygens (including phenoxy) is 1. The number of carbonyl (C=O) groups is 2. The van der Waals surface area contributed by atoms with E-state index in [1.165, 1.54) is 11.8 Å². The van der Waals surface area contributed by atoms with Gasteiger partial charge in [-0.3, -0.25) is 4.79 Å². The highest BCUT2D eigenvalue weighted by Gasteiger charge is 2.11. The van der Waals surface area contributed by atoms with Crippen molar-refractivity contribution in [3.05, 3.63) is 65.2 Å². The second-order valence-electron chi connectivity index (χ2n) is 7.16. The Morgan fingerprint density at radius 2 is 1.87 bits per heavy atom. The van der Waals surface area contributed by atoms with Gasteiger partial charge in [0.15, 0.2) is 0 Å². The molecule has 6 heteroatoms. The number of anilines is 1. The zero-order chi connectivity index (χ0) is 21.5. The number of fused-ring (bicyclic) bond motifs is 1. The summed E-state index contributed by atoms with van der Waals surface area (Å²) < 4.78 is 5.23. The predicted octanol–water partition coefficient (Wildman–Crippen LogP) is 5.54. The molecule has 0 radical (unpaired) electrons. The van der Waals surface area contributed by atoms with Crippen LogP contribution in [0, 0.1) is 13.8 Å². The molecule has 0 aliphatic rings. The van der Waals surface area contributed by atoms with Crippen molar-refractivity contribution >= 4 is 40.2 Å². The van der Waals surface area contributed by atoms with Gasteiger partial charge in [0.2, 0.25) is 5.91 Å². The molecule has 0 saturated heterocycles. The molecule has 0 saturated carbocycles. The van der Waals surface area contributed by atoms with Crippen LogP contribution in [0.1, 0.15) is 41.3 Å². The minimum Gasteiger partial charge on any atom is -0.462 e. The van der Waals surface area contributed by atoms with Crippen molar-refractivity contribution in [3.8, 4) is 0 Å². The number of aromatic nitrogens is 1. The zero-order valence-electron chi connectivity index (χ0n) is 17.5. The number of thioether (sulfide) groups is 1. The maximum absolute atomic E-state index is 12.4. The summed E-state index contributed by atoms with van der Waals surface area (Å²) >= 11 is 1.39. The number of hydrogen-bond acceptors (Lipinski definition) is 5. The first-order chi connectivity index (χ1) is 14.5. The zero-order valence-corrected chi connectivity index (χ0v) is 18.3. The van der Waals surface area contributed by atoms with Crippen LogP contribution in [0.25, 0.3) is 10.9 Å². The Labute approximate surface area is 181 Å². The van der Waals surface area contributed by atoms with Crippen LogP contribution in [0.4, 0.5) is 5.69 Å². The third-order valence-corrected chi connectivity index (χ3v) is 5.60. The van der Waals surface area contributed by atoms with Gasteiger partial charge in [-0.1, -0.05) is 49.4 Å². The second kappa shape index (κ2) is 10.3. The number of nitrogens with zero attached hydrogens (tertiary/aromatic N) is 1. The van der Waals surface area contributed by atoms with Gasteiger partial charge in [-0.05, 0) is 55.7 Å². The molecule has 0 aliphatic heterocycles. The third kappa shape index (κ3) is 5.60. The largest absolute Gasteiger partial charge is 0.462 e. The Kier molecular flexibility index (Phi) is 7.46. The van der Waals surface area contributed by atoms with E-state index < -0.39 is 0 Å². The average molecular weight is 423 g/mol. The number of carbonyl (C=O) groups excluding carboxylic acids is 2. The van der Waals surface area contributed by atoms with E-state index in [2.05, 4.69) is 18.3 Å². The summed E-state index contributed by atoms with van der Waals surface area (Å²) in [7, 11) is 0. The number of aryl methyl sites for hydroxylation is 2. The maximum Gasteiger partial charge on any atom is 0.338 e. The van der Waals surface area contributed by atoms with Gasteiger partial charge in [0.1, 0.15) is 0 Å². The van der Waals surface area contributed by atoms with Crippen molar-refractivity contribution in [2.45, 2.75) is 38.6 Å². The SMILES string of the molecule is CCCCOC(=O)c1cccc(NC(=O)CSc2cc(C)c3cccc(C)c3n2)c1.